The second-order valence-electron chi connectivity index (χ2n) is 11.2. The molecule has 7 rings (SSSR count). The molecule has 1 aliphatic heterocycles. The van der Waals surface area contributed by atoms with Crippen molar-refractivity contribution in [2.45, 2.75) is 45.1 Å². The number of carbonyl (C=O) groups excluding carboxylic acids is 2. The molecule has 0 aromatic heterocycles. The van der Waals surface area contributed by atoms with Crippen molar-refractivity contribution < 1.29 is 24.0 Å². The molecule has 2 amide bonds. The SMILES string of the molecule is COc1cc(/C=C2/SC(=S)N(NC(=O)C34CC5CC(CC(C5)C3)C4)C2=O)c([N+](=O)[O-])cc1OCc1ccccc1. The number of hydrogen-bond donors (Lipinski definition) is 1. The van der Waals surface area contributed by atoms with Gasteiger partial charge >= 0.3 is 0 Å². The highest BCUT2D eigenvalue weighted by Gasteiger charge is 2.55. The number of thiocarbonyl (C=S) groups is 1. The monoisotopic (exact) mass is 579 g/mol. The summed E-state index contributed by atoms with van der Waals surface area (Å²) in [6.45, 7) is 0.204. The highest BCUT2D eigenvalue weighted by molar-refractivity contribution is 8.26. The van der Waals surface area contributed by atoms with Gasteiger partial charge in [-0.15, -0.1) is 0 Å². The number of nitrogens with zero attached hydrogens (tertiary/aromatic N) is 2. The van der Waals surface area contributed by atoms with E-state index in [0.29, 0.717) is 23.5 Å². The maximum atomic E-state index is 13.5. The van der Waals surface area contributed by atoms with Gasteiger partial charge in [0.25, 0.3) is 11.6 Å². The number of amides is 2. The number of hydrazine groups is 1. The van der Waals surface area contributed by atoms with Crippen LogP contribution >= 0.6 is 24.0 Å². The number of thioether (sulfide) groups is 1. The molecule has 1 heterocycles. The zero-order valence-corrected chi connectivity index (χ0v) is 23.6. The lowest BCUT2D eigenvalue weighted by atomic mass is 9.49. The first-order valence-corrected chi connectivity index (χ1v) is 14.6. The van der Waals surface area contributed by atoms with Crippen molar-refractivity contribution in [2.24, 2.45) is 23.2 Å². The minimum Gasteiger partial charge on any atom is -0.493 e. The van der Waals surface area contributed by atoms with Crippen LogP contribution in [0.25, 0.3) is 6.08 Å². The molecular formula is C29H29N3O6S2. The van der Waals surface area contributed by atoms with E-state index in [1.54, 1.807) is 0 Å². The first-order valence-electron chi connectivity index (χ1n) is 13.4. The first-order chi connectivity index (χ1) is 19.2. The number of hydrogen-bond acceptors (Lipinski definition) is 8. The molecule has 208 valence electrons. The van der Waals surface area contributed by atoms with Gasteiger partial charge in [0.2, 0.25) is 5.91 Å². The Bertz CT molecular complexity index is 1390. The third-order valence-corrected chi connectivity index (χ3v) is 9.86. The van der Waals surface area contributed by atoms with E-state index in [2.05, 4.69) is 5.43 Å². The van der Waals surface area contributed by atoms with Gasteiger partial charge in [-0.2, -0.15) is 5.01 Å². The number of nitro groups is 1. The number of ether oxygens (including phenoxy) is 2. The Morgan fingerprint density at radius 1 is 1.15 bits per heavy atom. The molecule has 1 N–H and O–H groups in total. The van der Waals surface area contributed by atoms with Crippen molar-refractivity contribution in [3.05, 3.63) is 68.6 Å². The van der Waals surface area contributed by atoms with E-state index in [1.165, 1.54) is 44.6 Å². The predicted molar refractivity (Wildman–Crippen MR) is 154 cm³/mol. The number of nitro benzene ring substituents is 1. The molecule has 5 aliphatic rings. The molecule has 2 aromatic rings. The van der Waals surface area contributed by atoms with E-state index < -0.39 is 16.2 Å². The molecule has 0 unspecified atom stereocenters. The molecule has 4 bridgehead atoms. The molecule has 2 aromatic carbocycles. The van der Waals surface area contributed by atoms with E-state index in [-0.39, 0.29) is 38.7 Å². The van der Waals surface area contributed by atoms with Gasteiger partial charge in [0.1, 0.15) is 6.61 Å². The van der Waals surface area contributed by atoms with Crippen molar-refractivity contribution in [1.82, 2.24) is 10.4 Å². The molecule has 40 heavy (non-hydrogen) atoms. The van der Waals surface area contributed by atoms with E-state index in [4.69, 9.17) is 21.7 Å². The molecular weight excluding hydrogens is 550 g/mol. The molecule has 1 saturated heterocycles. The van der Waals surface area contributed by atoms with E-state index in [0.717, 1.165) is 41.6 Å². The molecule has 4 saturated carbocycles. The summed E-state index contributed by atoms with van der Waals surface area (Å²) in [6.07, 6.45) is 7.61. The van der Waals surface area contributed by atoms with Crippen molar-refractivity contribution in [2.75, 3.05) is 7.11 Å². The third kappa shape index (κ3) is 4.96. The fourth-order valence-corrected chi connectivity index (χ4v) is 8.33. The average Bonchev–Trinajstić information content (AvgIpc) is 3.18. The van der Waals surface area contributed by atoms with Gasteiger partial charge in [-0.3, -0.25) is 25.1 Å². The van der Waals surface area contributed by atoms with Crippen molar-refractivity contribution in [3.63, 3.8) is 0 Å². The van der Waals surface area contributed by atoms with Crippen LogP contribution in [0.2, 0.25) is 0 Å². The summed E-state index contributed by atoms with van der Waals surface area (Å²) < 4.78 is 11.5. The quantitative estimate of drug-likeness (QED) is 0.185. The van der Waals surface area contributed by atoms with E-state index >= 15 is 0 Å². The molecule has 5 fully saturated rings. The van der Waals surface area contributed by atoms with Gasteiger partial charge < -0.3 is 9.47 Å². The van der Waals surface area contributed by atoms with Crippen molar-refractivity contribution >= 4 is 51.9 Å². The highest BCUT2D eigenvalue weighted by Crippen LogP contribution is 2.60. The van der Waals surface area contributed by atoms with Gasteiger partial charge in [0.15, 0.2) is 15.8 Å². The summed E-state index contributed by atoms with van der Waals surface area (Å²) >= 11 is 6.44. The summed E-state index contributed by atoms with van der Waals surface area (Å²) in [4.78, 5) is 38.5. The summed E-state index contributed by atoms with van der Waals surface area (Å²) in [7, 11) is 1.44. The van der Waals surface area contributed by atoms with E-state index in [1.807, 2.05) is 30.3 Å². The second-order valence-corrected chi connectivity index (χ2v) is 12.9. The first kappa shape index (κ1) is 26.8. The molecule has 0 atom stereocenters. The van der Waals surface area contributed by atoms with Crippen LogP contribution in [0.3, 0.4) is 0 Å². The molecule has 0 spiro atoms. The van der Waals surface area contributed by atoms with Crippen LogP contribution in [-0.2, 0) is 16.2 Å². The topological polar surface area (TPSA) is 111 Å². The summed E-state index contributed by atoms with van der Waals surface area (Å²) in [6, 6.07) is 12.2. The number of benzene rings is 2. The number of methoxy groups -OCH3 is 1. The Hall–Kier alpha value is -3.44. The van der Waals surface area contributed by atoms with Gasteiger partial charge in [-0.1, -0.05) is 42.1 Å². The molecule has 11 heteroatoms. The Labute approximate surface area is 241 Å². The summed E-state index contributed by atoms with van der Waals surface area (Å²) in [5.74, 6) is 1.60. The smallest absolute Gasteiger partial charge is 0.285 e. The van der Waals surface area contributed by atoms with Crippen molar-refractivity contribution in [1.29, 1.82) is 0 Å². The largest absolute Gasteiger partial charge is 0.493 e. The predicted octanol–water partition coefficient (Wildman–Crippen LogP) is 5.63. The van der Waals surface area contributed by atoms with Gasteiger partial charge in [0, 0.05) is 0 Å². The fraction of sp³-hybridized carbons (Fsp3) is 0.414. The third-order valence-electron chi connectivity index (χ3n) is 8.56. The fourth-order valence-electron chi connectivity index (χ4n) is 7.16. The lowest BCUT2D eigenvalue weighted by Crippen LogP contribution is -2.57. The van der Waals surface area contributed by atoms with E-state index in [9.17, 15) is 19.7 Å². The van der Waals surface area contributed by atoms with Crippen LogP contribution in [-0.4, -0.2) is 33.2 Å². The second kappa shape index (κ2) is 10.5. The maximum absolute atomic E-state index is 13.5. The lowest BCUT2D eigenvalue weighted by Gasteiger charge is -2.55. The maximum Gasteiger partial charge on any atom is 0.285 e. The molecule has 0 radical (unpaired) electrons. The number of nitrogens with one attached hydrogen (secondary N) is 1. The molecule has 4 aliphatic carbocycles. The Kier molecular flexibility index (Phi) is 7.03. The van der Waals surface area contributed by atoms with Crippen LogP contribution in [0.5, 0.6) is 11.5 Å². The Morgan fingerprint density at radius 2 is 1.80 bits per heavy atom. The van der Waals surface area contributed by atoms with Crippen LogP contribution in [0.1, 0.15) is 49.7 Å². The summed E-state index contributed by atoms with van der Waals surface area (Å²) in [5.41, 5.74) is 3.20. The highest BCUT2D eigenvalue weighted by atomic mass is 32.2. The van der Waals surface area contributed by atoms with Crippen LogP contribution in [0.4, 0.5) is 5.69 Å². The zero-order chi connectivity index (χ0) is 28.0. The van der Waals surface area contributed by atoms with Gasteiger partial charge in [0.05, 0.1) is 34.0 Å². The minimum atomic E-state index is -0.532. The normalized spacial score (nSPS) is 27.8. The van der Waals surface area contributed by atoms with Gasteiger partial charge in [-0.25, -0.2) is 0 Å². The van der Waals surface area contributed by atoms with Crippen molar-refractivity contribution in [3.8, 4) is 11.5 Å². The summed E-state index contributed by atoms with van der Waals surface area (Å²) in [5, 5.41) is 13.1. The van der Waals surface area contributed by atoms with Crippen LogP contribution in [0.15, 0.2) is 47.4 Å². The van der Waals surface area contributed by atoms with Crippen LogP contribution in [0, 0.1) is 33.3 Å². The van der Waals surface area contributed by atoms with Crippen LogP contribution < -0.4 is 14.9 Å². The number of carbonyl (C=O) groups is 2. The zero-order valence-electron chi connectivity index (χ0n) is 22.0. The Balaban J connectivity index is 1.22. The number of rotatable bonds is 8. The standard InChI is InChI=1S/C29H29N3O6S2/c1-37-23-10-21(22(32(35)36)12-24(23)38-16-17-5-3-2-4-6-17)11-25-26(33)31(28(39)40-25)30-27(34)29-13-18-7-19(14-29)9-20(8-18)15-29/h2-6,10-12,18-20H,7-9,13-16H2,1H3,(H,30,34)/b25-11+. The Morgan fingerprint density at radius 3 is 2.40 bits per heavy atom. The van der Waals surface area contributed by atoms with Gasteiger partial charge in [-0.05, 0) is 86.2 Å². The minimum absolute atomic E-state index is 0.142. The average molecular weight is 580 g/mol. The molecule has 9 nitrogen and oxygen atoms in total. The lowest BCUT2D eigenvalue weighted by molar-refractivity contribution is -0.385.